The molecule has 1 saturated heterocycles. The van der Waals surface area contributed by atoms with Crippen LogP contribution in [0, 0.1) is 5.92 Å². The van der Waals surface area contributed by atoms with Crippen LogP contribution in [0.1, 0.15) is 31.0 Å². The number of benzene rings is 2. The summed E-state index contributed by atoms with van der Waals surface area (Å²) >= 11 is 0. The maximum Gasteiger partial charge on any atom is 0.322 e. The van der Waals surface area contributed by atoms with E-state index in [2.05, 4.69) is 17.1 Å². The first-order valence-electron chi connectivity index (χ1n) is 12.2. The van der Waals surface area contributed by atoms with Crippen LogP contribution in [-0.4, -0.2) is 47.6 Å². The van der Waals surface area contributed by atoms with E-state index >= 15 is 0 Å². The summed E-state index contributed by atoms with van der Waals surface area (Å²) in [6, 6.07) is 16.8. The minimum Gasteiger partial charge on any atom is -0.497 e. The van der Waals surface area contributed by atoms with Gasteiger partial charge >= 0.3 is 6.03 Å². The predicted molar refractivity (Wildman–Crippen MR) is 135 cm³/mol. The first-order valence-corrected chi connectivity index (χ1v) is 12.2. The third-order valence-corrected chi connectivity index (χ3v) is 6.64. The number of para-hydroxylation sites is 1. The number of nitrogens with one attached hydrogen (secondary N) is 1. The quantitative estimate of drug-likeness (QED) is 0.555. The van der Waals surface area contributed by atoms with Crippen LogP contribution in [0.25, 0.3) is 0 Å². The SMILES string of the molecule is COc1cccc(Oc2nc(N3CCC(C)CC3)nc3c2CN(C(=O)Nc2ccccc2)CC3)c1. The first kappa shape index (κ1) is 23.0. The number of ether oxygens (including phenoxy) is 2. The van der Waals surface area contributed by atoms with E-state index in [9.17, 15) is 4.79 Å². The minimum atomic E-state index is -0.150. The Morgan fingerprint density at radius 2 is 1.77 bits per heavy atom. The lowest BCUT2D eigenvalue weighted by Crippen LogP contribution is -2.40. The summed E-state index contributed by atoms with van der Waals surface area (Å²) in [5.41, 5.74) is 2.55. The van der Waals surface area contributed by atoms with Crippen molar-refractivity contribution in [3.8, 4) is 17.4 Å². The highest BCUT2D eigenvalue weighted by molar-refractivity contribution is 5.89. The first-order chi connectivity index (χ1) is 17.1. The molecular weight excluding hydrogens is 442 g/mol. The van der Waals surface area contributed by atoms with Crippen molar-refractivity contribution in [3.05, 3.63) is 65.9 Å². The molecular formula is C27H31N5O3. The molecule has 0 radical (unpaired) electrons. The summed E-state index contributed by atoms with van der Waals surface area (Å²) < 4.78 is 11.7. The maximum absolute atomic E-state index is 13.0. The fourth-order valence-electron chi connectivity index (χ4n) is 4.48. The molecule has 3 aromatic rings. The second-order valence-electron chi connectivity index (χ2n) is 9.17. The number of rotatable bonds is 5. The van der Waals surface area contributed by atoms with E-state index in [1.165, 1.54) is 0 Å². The number of aromatic nitrogens is 2. The van der Waals surface area contributed by atoms with Gasteiger partial charge in [0.25, 0.3) is 0 Å². The third kappa shape index (κ3) is 5.31. The summed E-state index contributed by atoms with van der Waals surface area (Å²) in [6.07, 6.45) is 2.89. The normalized spacial score (nSPS) is 15.9. The molecule has 0 spiro atoms. The summed E-state index contributed by atoms with van der Waals surface area (Å²) in [5.74, 6) is 3.26. The number of hydrogen-bond acceptors (Lipinski definition) is 6. The zero-order chi connectivity index (χ0) is 24.2. The molecule has 35 heavy (non-hydrogen) atoms. The van der Waals surface area contributed by atoms with Crippen LogP contribution in [0.15, 0.2) is 54.6 Å². The van der Waals surface area contributed by atoms with E-state index in [-0.39, 0.29) is 6.03 Å². The van der Waals surface area contributed by atoms with Crippen LogP contribution < -0.4 is 19.7 Å². The molecule has 0 bridgehead atoms. The van der Waals surface area contributed by atoms with Crippen molar-refractivity contribution in [1.82, 2.24) is 14.9 Å². The number of fused-ring (bicyclic) bond motifs is 1. The van der Waals surface area contributed by atoms with Gasteiger partial charge in [-0.1, -0.05) is 31.2 Å². The van der Waals surface area contributed by atoms with Crippen molar-refractivity contribution in [2.45, 2.75) is 32.7 Å². The number of nitrogens with zero attached hydrogens (tertiary/aromatic N) is 4. The third-order valence-electron chi connectivity index (χ3n) is 6.64. The molecule has 8 heteroatoms. The van der Waals surface area contributed by atoms with Crippen LogP contribution in [-0.2, 0) is 13.0 Å². The fourth-order valence-corrected chi connectivity index (χ4v) is 4.48. The maximum atomic E-state index is 13.0. The van der Waals surface area contributed by atoms with Crippen LogP contribution >= 0.6 is 0 Å². The number of carbonyl (C=O) groups excluding carboxylic acids is 1. The Morgan fingerprint density at radius 3 is 2.54 bits per heavy atom. The Labute approximate surface area is 205 Å². The summed E-state index contributed by atoms with van der Waals surface area (Å²) in [6.45, 7) is 5.12. The van der Waals surface area contributed by atoms with Crippen LogP contribution in [0.3, 0.4) is 0 Å². The number of amides is 2. The van der Waals surface area contributed by atoms with Gasteiger partial charge < -0.3 is 24.6 Å². The number of anilines is 2. The second-order valence-corrected chi connectivity index (χ2v) is 9.17. The van der Waals surface area contributed by atoms with E-state index in [0.717, 1.165) is 42.9 Å². The molecule has 1 N–H and O–H groups in total. The van der Waals surface area contributed by atoms with E-state index < -0.39 is 0 Å². The lowest BCUT2D eigenvalue weighted by atomic mass is 9.99. The topological polar surface area (TPSA) is 79.8 Å². The smallest absolute Gasteiger partial charge is 0.322 e. The number of urea groups is 1. The average Bonchev–Trinajstić information content (AvgIpc) is 2.89. The van der Waals surface area contributed by atoms with Gasteiger partial charge in [0.15, 0.2) is 0 Å². The number of piperidine rings is 1. The fraction of sp³-hybridized carbons (Fsp3) is 0.370. The Morgan fingerprint density at radius 1 is 1.00 bits per heavy atom. The lowest BCUT2D eigenvalue weighted by molar-refractivity contribution is 0.205. The van der Waals surface area contributed by atoms with Crippen molar-refractivity contribution in [2.75, 3.05) is 37.0 Å². The predicted octanol–water partition coefficient (Wildman–Crippen LogP) is 5.10. The van der Waals surface area contributed by atoms with Gasteiger partial charge in [-0.3, -0.25) is 0 Å². The van der Waals surface area contributed by atoms with E-state index in [0.29, 0.717) is 48.8 Å². The molecule has 2 amide bonds. The Hall–Kier alpha value is -3.81. The molecule has 0 unspecified atom stereocenters. The van der Waals surface area contributed by atoms with Crippen molar-refractivity contribution >= 4 is 17.7 Å². The molecule has 8 nitrogen and oxygen atoms in total. The monoisotopic (exact) mass is 473 g/mol. The van der Waals surface area contributed by atoms with Gasteiger partial charge in [-0.25, -0.2) is 9.78 Å². The Balaban J connectivity index is 1.43. The van der Waals surface area contributed by atoms with Crippen LogP contribution in [0.4, 0.5) is 16.4 Å². The summed E-state index contributed by atoms with van der Waals surface area (Å²) in [4.78, 5) is 26.8. The van der Waals surface area contributed by atoms with Gasteiger partial charge in [0.05, 0.1) is 24.9 Å². The van der Waals surface area contributed by atoms with Gasteiger partial charge in [0.1, 0.15) is 11.5 Å². The molecule has 182 valence electrons. The number of hydrogen-bond donors (Lipinski definition) is 1. The minimum absolute atomic E-state index is 0.150. The Bertz CT molecular complexity index is 1180. The molecule has 2 aromatic carbocycles. The molecule has 3 heterocycles. The zero-order valence-electron chi connectivity index (χ0n) is 20.2. The molecule has 0 saturated carbocycles. The van der Waals surface area contributed by atoms with E-state index in [1.807, 2.05) is 54.6 Å². The van der Waals surface area contributed by atoms with Crippen LogP contribution in [0.5, 0.6) is 17.4 Å². The lowest BCUT2D eigenvalue weighted by Gasteiger charge is -2.33. The van der Waals surface area contributed by atoms with Crippen molar-refractivity contribution < 1.29 is 14.3 Å². The molecule has 2 aliphatic rings. The molecule has 1 aromatic heterocycles. The summed E-state index contributed by atoms with van der Waals surface area (Å²) in [5, 5.41) is 2.97. The highest BCUT2D eigenvalue weighted by atomic mass is 16.5. The van der Waals surface area contributed by atoms with Gasteiger partial charge in [0, 0.05) is 37.8 Å². The highest BCUT2D eigenvalue weighted by Crippen LogP contribution is 2.33. The van der Waals surface area contributed by atoms with E-state index in [1.54, 1.807) is 12.0 Å². The van der Waals surface area contributed by atoms with Gasteiger partial charge in [-0.15, -0.1) is 0 Å². The van der Waals surface area contributed by atoms with E-state index in [4.69, 9.17) is 19.4 Å². The van der Waals surface area contributed by atoms with Crippen molar-refractivity contribution in [3.63, 3.8) is 0 Å². The number of methoxy groups -OCH3 is 1. The molecule has 5 rings (SSSR count). The molecule has 0 atom stereocenters. The van der Waals surface area contributed by atoms with Gasteiger partial charge in [-0.05, 0) is 43.0 Å². The van der Waals surface area contributed by atoms with Gasteiger partial charge in [-0.2, -0.15) is 4.98 Å². The molecule has 0 aliphatic carbocycles. The highest BCUT2D eigenvalue weighted by Gasteiger charge is 2.28. The number of carbonyl (C=O) groups is 1. The summed E-state index contributed by atoms with van der Waals surface area (Å²) in [7, 11) is 1.63. The van der Waals surface area contributed by atoms with Crippen molar-refractivity contribution in [1.29, 1.82) is 0 Å². The van der Waals surface area contributed by atoms with Gasteiger partial charge in [0.2, 0.25) is 11.8 Å². The standard InChI is InChI=1S/C27H31N5O3/c1-19-11-14-31(15-12-19)26-29-24-13-16-32(27(33)28-20-7-4-3-5-8-20)18-23(24)25(30-26)35-22-10-6-9-21(17-22)34-2/h3-10,17,19H,11-16,18H2,1-2H3,(H,28,33). The van der Waals surface area contributed by atoms with Crippen molar-refractivity contribution in [2.24, 2.45) is 5.92 Å². The molecule has 2 aliphatic heterocycles. The van der Waals surface area contributed by atoms with Crippen LogP contribution in [0.2, 0.25) is 0 Å². The largest absolute Gasteiger partial charge is 0.497 e. The average molecular weight is 474 g/mol. The molecule has 1 fully saturated rings. The Kier molecular flexibility index (Phi) is 6.70. The zero-order valence-corrected chi connectivity index (χ0v) is 20.2. The second kappa shape index (κ2) is 10.2.